The maximum absolute atomic E-state index is 12.5. The van der Waals surface area contributed by atoms with Crippen molar-refractivity contribution < 1.29 is 14.3 Å². The van der Waals surface area contributed by atoms with Gasteiger partial charge in [0.05, 0.1) is 5.69 Å². The van der Waals surface area contributed by atoms with E-state index in [4.69, 9.17) is 20.6 Å². The minimum atomic E-state index is -0.504. The summed E-state index contributed by atoms with van der Waals surface area (Å²) in [4.78, 5) is 13.6. The van der Waals surface area contributed by atoms with Crippen LogP contribution >= 0.6 is 0 Å². The van der Waals surface area contributed by atoms with E-state index in [0.717, 1.165) is 21.6 Å². The first-order valence-electron chi connectivity index (χ1n) is 10.3. The average Bonchev–Trinajstić information content (AvgIpc) is 2.80. The summed E-state index contributed by atoms with van der Waals surface area (Å²) in [6.45, 7) is 4.37. The van der Waals surface area contributed by atoms with Crippen molar-refractivity contribution in [2.45, 2.75) is 27.1 Å². The molecule has 0 radical (unpaired) electrons. The highest BCUT2D eigenvalue weighted by atomic mass is 16.5. The van der Waals surface area contributed by atoms with Crippen LogP contribution in [0.4, 0.5) is 10.5 Å². The number of hydrogen-bond donors (Lipinski definition) is 3. The number of ether oxygens (including phenoxy) is 2. The van der Waals surface area contributed by atoms with Gasteiger partial charge >= 0.3 is 6.03 Å². The zero-order valence-electron chi connectivity index (χ0n) is 18.5. The molecule has 0 aliphatic rings. The minimum Gasteiger partial charge on any atom is -0.485 e. The molecular weight excluding hydrogens is 404 g/mol. The third-order valence-electron chi connectivity index (χ3n) is 4.99. The summed E-state index contributed by atoms with van der Waals surface area (Å²) >= 11 is 0. The molecule has 3 rings (SSSR count). The van der Waals surface area contributed by atoms with Crippen LogP contribution in [0.2, 0.25) is 0 Å². The number of nitrogens with two attached hydrogens (primary N) is 1. The number of carbonyl (C=O) groups excluding carboxylic acids is 1. The van der Waals surface area contributed by atoms with Gasteiger partial charge in [0.25, 0.3) is 0 Å². The van der Waals surface area contributed by atoms with Gasteiger partial charge in [-0.3, -0.25) is 5.41 Å². The third kappa shape index (κ3) is 5.18. The number of benzene rings is 3. The molecule has 0 saturated heterocycles. The lowest BCUT2D eigenvalue weighted by Gasteiger charge is -2.26. The Morgan fingerprint density at radius 2 is 1.50 bits per heavy atom. The van der Waals surface area contributed by atoms with Crippen molar-refractivity contribution in [3.05, 3.63) is 89.0 Å². The molecule has 0 spiro atoms. The van der Waals surface area contributed by atoms with E-state index in [9.17, 15) is 4.79 Å². The van der Waals surface area contributed by atoms with Gasteiger partial charge < -0.3 is 20.5 Å². The number of urea groups is 1. The summed E-state index contributed by atoms with van der Waals surface area (Å²) in [5.74, 6) is 0.673. The van der Waals surface area contributed by atoms with E-state index < -0.39 is 6.03 Å². The Morgan fingerprint density at radius 3 is 2.00 bits per heavy atom. The molecule has 0 heterocycles. The number of amides is 2. The van der Waals surface area contributed by atoms with Crippen LogP contribution in [0.1, 0.15) is 22.3 Å². The van der Waals surface area contributed by atoms with Gasteiger partial charge in [0.1, 0.15) is 13.2 Å². The van der Waals surface area contributed by atoms with Crippen LogP contribution < -0.4 is 25.4 Å². The van der Waals surface area contributed by atoms with E-state index in [1.165, 1.54) is 7.05 Å². The van der Waals surface area contributed by atoms with Crippen LogP contribution in [0, 0.1) is 19.3 Å². The van der Waals surface area contributed by atoms with Crippen molar-refractivity contribution >= 4 is 17.7 Å². The van der Waals surface area contributed by atoms with Crippen molar-refractivity contribution in [3.8, 4) is 11.5 Å². The second-order valence-electron chi connectivity index (χ2n) is 7.32. The molecule has 7 nitrogen and oxygen atoms in total. The lowest BCUT2D eigenvalue weighted by Crippen LogP contribution is -2.46. The zero-order chi connectivity index (χ0) is 23.1. The SMILES string of the molecule is CNC(=O)N(C(=N)N)c1c(C)cc(OCc2ccccc2)c(OCc2ccccc2)c1C. The standard InChI is InChI=1S/C25H28N4O3/c1-17-14-21(31-15-19-10-6-4-7-11-19)23(32-16-20-12-8-5-9-13-20)18(2)22(17)29(24(26)27)25(30)28-3/h4-14H,15-16H2,1-3H3,(H3,26,27)(H,28,30). The molecule has 0 bridgehead atoms. The topological polar surface area (TPSA) is 101 Å². The second-order valence-corrected chi connectivity index (χ2v) is 7.32. The van der Waals surface area contributed by atoms with Gasteiger partial charge in [-0.25, -0.2) is 9.69 Å². The molecule has 32 heavy (non-hydrogen) atoms. The van der Waals surface area contributed by atoms with Gasteiger partial charge in [0.15, 0.2) is 11.5 Å². The molecular formula is C25H28N4O3. The first-order valence-corrected chi connectivity index (χ1v) is 10.3. The van der Waals surface area contributed by atoms with Crippen LogP contribution in [-0.4, -0.2) is 19.0 Å². The van der Waals surface area contributed by atoms with Gasteiger partial charge in [-0.2, -0.15) is 0 Å². The smallest absolute Gasteiger partial charge is 0.328 e. The number of nitrogens with zero attached hydrogens (tertiary/aromatic N) is 1. The van der Waals surface area contributed by atoms with Crippen LogP contribution in [0.15, 0.2) is 66.7 Å². The summed E-state index contributed by atoms with van der Waals surface area (Å²) in [5.41, 5.74) is 9.65. The lowest BCUT2D eigenvalue weighted by molar-refractivity contribution is 0.250. The highest BCUT2D eigenvalue weighted by molar-refractivity contribution is 6.15. The predicted octanol–water partition coefficient (Wildman–Crippen LogP) is 4.50. The number of rotatable bonds is 7. The Morgan fingerprint density at radius 1 is 0.969 bits per heavy atom. The summed E-state index contributed by atoms with van der Waals surface area (Å²) < 4.78 is 12.3. The number of hydrogen-bond acceptors (Lipinski definition) is 4. The highest BCUT2D eigenvalue weighted by Gasteiger charge is 2.26. The van der Waals surface area contributed by atoms with Crippen LogP contribution in [-0.2, 0) is 13.2 Å². The zero-order valence-corrected chi connectivity index (χ0v) is 18.5. The summed E-state index contributed by atoms with van der Waals surface area (Å²) in [7, 11) is 1.49. The van der Waals surface area contributed by atoms with Crippen molar-refractivity contribution in [1.29, 1.82) is 5.41 Å². The summed E-state index contributed by atoms with van der Waals surface area (Å²) in [5, 5.41) is 10.5. The molecule has 0 aliphatic heterocycles. The second kappa shape index (κ2) is 10.3. The van der Waals surface area contributed by atoms with Gasteiger partial charge in [-0.1, -0.05) is 60.7 Å². The first kappa shape index (κ1) is 22.7. The van der Waals surface area contributed by atoms with Gasteiger partial charge in [-0.15, -0.1) is 0 Å². The first-order chi connectivity index (χ1) is 15.4. The number of carbonyl (C=O) groups is 1. The predicted molar refractivity (Wildman–Crippen MR) is 126 cm³/mol. The quantitative estimate of drug-likeness (QED) is 0.378. The molecule has 3 aromatic rings. The van der Waals surface area contributed by atoms with Crippen LogP contribution in [0.5, 0.6) is 11.5 Å². The van der Waals surface area contributed by atoms with Crippen molar-refractivity contribution in [2.24, 2.45) is 5.73 Å². The molecule has 0 fully saturated rings. The molecule has 0 saturated carbocycles. The van der Waals surface area contributed by atoms with Crippen LogP contribution in [0.3, 0.4) is 0 Å². The fourth-order valence-corrected chi connectivity index (χ4v) is 3.46. The maximum atomic E-state index is 12.5. The Balaban J connectivity index is 2.02. The molecule has 4 N–H and O–H groups in total. The van der Waals surface area contributed by atoms with E-state index in [-0.39, 0.29) is 5.96 Å². The fraction of sp³-hybridized carbons (Fsp3) is 0.200. The van der Waals surface area contributed by atoms with Crippen LogP contribution in [0.25, 0.3) is 0 Å². The summed E-state index contributed by atoms with van der Waals surface area (Å²) in [6.07, 6.45) is 0. The van der Waals surface area contributed by atoms with E-state index in [2.05, 4.69) is 5.32 Å². The molecule has 3 aromatic carbocycles. The van der Waals surface area contributed by atoms with E-state index in [0.29, 0.717) is 36.0 Å². The Kier molecular flexibility index (Phi) is 7.33. The average molecular weight is 433 g/mol. The normalized spacial score (nSPS) is 10.3. The largest absolute Gasteiger partial charge is 0.485 e. The van der Waals surface area contributed by atoms with Crippen molar-refractivity contribution in [2.75, 3.05) is 11.9 Å². The van der Waals surface area contributed by atoms with Gasteiger partial charge in [0.2, 0.25) is 5.96 Å². The molecule has 0 aliphatic carbocycles. The van der Waals surface area contributed by atoms with E-state index in [1.807, 2.05) is 80.6 Å². The van der Waals surface area contributed by atoms with Gasteiger partial charge in [0, 0.05) is 12.6 Å². The lowest BCUT2D eigenvalue weighted by atomic mass is 10.1. The van der Waals surface area contributed by atoms with Gasteiger partial charge in [-0.05, 0) is 36.6 Å². The Labute approximate surface area is 188 Å². The summed E-state index contributed by atoms with van der Waals surface area (Å²) in [6, 6.07) is 20.9. The molecule has 0 atom stereocenters. The molecule has 0 unspecified atom stereocenters. The van der Waals surface area contributed by atoms with Crippen molar-refractivity contribution in [1.82, 2.24) is 5.32 Å². The number of guanidine groups is 1. The molecule has 0 aromatic heterocycles. The monoisotopic (exact) mass is 432 g/mol. The Hall–Kier alpha value is -4.00. The van der Waals surface area contributed by atoms with E-state index >= 15 is 0 Å². The molecule has 7 heteroatoms. The number of nitrogens with one attached hydrogen (secondary N) is 2. The fourth-order valence-electron chi connectivity index (χ4n) is 3.46. The number of aryl methyl sites for hydroxylation is 1. The third-order valence-corrected chi connectivity index (χ3v) is 4.99. The highest BCUT2D eigenvalue weighted by Crippen LogP contribution is 2.41. The number of anilines is 1. The van der Waals surface area contributed by atoms with Crippen molar-refractivity contribution in [3.63, 3.8) is 0 Å². The van der Waals surface area contributed by atoms with E-state index in [1.54, 1.807) is 0 Å². The maximum Gasteiger partial charge on any atom is 0.328 e. The Bertz CT molecular complexity index is 1090. The molecule has 2 amide bonds. The minimum absolute atomic E-state index is 0.325. The molecule has 166 valence electrons.